The van der Waals surface area contributed by atoms with Gasteiger partial charge in [0, 0.05) is 32.4 Å². The van der Waals surface area contributed by atoms with Gasteiger partial charge in [0.1, 0.15) is 47.8 Å². The van der Waals surface area contributed by atoms with Crippen molar-refractivity contribution in [3.8, 4) is 17.6 Å². The van der Waals surface area contributed by atoms with Crippen molar-refractivity contribution in [1.82, 2.24) is 39.0 Å². The topological polar surface area (TPSA) is 342 Å². The molecule has 8 aromatic rings. The van der Waals surface area contributed by atoms with Gasteiger partial charge in [0.25, 0.3) is 11.5 Å². The van der Waals surface area contributed by atoms with Crippen molar-refractivity contribution in [2.45, 2.75) is 88.8 Å². The van der Waals surface area contributed by atoms with Gasteiger partial charge in [-0.05, 0) is 53.1 Å². The number of carbonyl (C=O) groups is 4. The first-order valence-electron chi connectivity index (χ1n) is 27.9. The molecule has 29 heteroatoms. The van der Waals surface area contributed by atoms with E-state index in [-0.39, 0.29) is 47.1 Å². The number of aromatic nitrogens is 8. The summed E-state index contributed by atoms with van der Waals surface area (Å²) in [6.07, 6.45) is -7.83. The molecule has 2 aliphatic heterocycles. The number of methoxy groups -OCH3 is 3. The zero-order valence-electron chi connectivity index (χ0n) is 49.1. The number of hydrogen-bond donors (Lipinski definition) is 3. The number of rotatable bonds is 25. The third-order valence-electron chi connectivity index (χ3n) is 14.6. The maximum absolute atomic E-state index is 15.8. The average Bonchev–Trinajstić information content (AvgIpc) is 1.79. The summed E-state index contributed by atoms with van der Waals surface area (Å²) in [5.74, 6) is -2.15. The SMILES string of the molecule is COc1ccc(C(OC[C@H]2O[C@@H](n3cnc4c(NC(=O)c5ccccc5)ncnc43)[C@H](OC)[C@@H]2OP(=O)(OCCC#N)OC[C@H]2O[C@@H](n3cnc4c(=O)[nH]c(NC(=O)C(C)C)nc43)[C@H](OC(C)=O)[C@@H]2OC(C)=O)(c2ccccc2)c2ccc(OC)cc2)cc1. The van der Waals surface area contributed by atoms with Crippen LogP contribution in [0, 0.1) is 17.2 Å². The van der Waals surface area contributed by atoms with Gasteiger partial charge in [0.2, 0.25) is 11.9 Å². The Balaban J connectivity index is 1.05. The van der Waals surface area contributed by atoms with Crippen molar-refractivity contribution in [1.29, 1.82) is 5.26 Å². The Morgan fingerprint density at radius 3 is 1.87 bits per heavy atom. The second kappa shape index (κ2) is 27.4. The van der Waals surface area contributed by atoms with Crippen LogP contribution in [0.3, 0.4) is 0 Å². The number of amides is 2. The van der Waals surface area contributed by atoms with Gasteiger partial charge in [-0.25, -0.2) is 24.5 Å². The van der Waals surface area contributed by atoms with Crippen LogP contribution in [0.5, 0.6) is 11.5 Å². The summed E-state index contributed by atoms with van der Waals surface area (Å²) in [6.45, 7) is 3.80. The van der Waals surface area contributed by atoms with E-state index in [0.29, 0.717) is 33.8 Å². The van der Waals surface area contributed by atoms with Crippen LogP contribution >= 0.6 is 7.82 Å². The molecule has 0 aliphatic carbocycles. The standard InChI is InChI=1S/C60H62N11O17P/c1-34(2)54(74)68-59-67-53-46(56(76)69-59)65-33-71(53)58-50(85-36(4)73)47(84-35(3)72)44(87-58)30-83-89(77,82-28-14-27-61)88-48-43(86-57(49(48)80-7)70-32-64-45-51(62-31-63-52(45)70)66-55(75)37-15-10-8-11-16-37)29-81-60(38-17-12-9-13-18-38,39-19-23-41(78-5)24-20-39)40-21-25-42(79-6)26-22-40/h8-13,15-26,31-34,43-44,47-50,57-58H,14,28-30H2,1-7H3,(H,62,63,66,75)(H2,67,68,69,74,76)/t43-,44-,47-,48-,49-,50-,57-,58-,89?/m1/s1. The highest BCUT2D eigenvalue weighted by Gasteiger charge is 2.55. The van der Waals surface area contributed by atoms with Gasteiger partial charge >= 0.3 is 19.8 Å². The molecule has 2 fully saturated rings. The second-order valence-corrected chi connectivity index (χ2v) is 22.2. The van der Waals surface area contributed by atoms with Crippen molar-refractivity contribution >= 4 is 65.7 Å². The maximum Gasteiger partial charge on any atom is 0.475 e. The van der Waals surface area contributed by atoms with Crippen molar-refractivity contribution in [3.05, 3.63) is 161 Å². The van der Waals surface area contributed by atoms with Crippen molar-refractivity contribution in [2.24, 2.45) is 5.92 Å². The lowest BCUT2D eigenvalue weighted by atomic mass is 9.80. The van der Waals surface area contributed by atoms with E-state index < -0.39 is 111 Å². The van der Waals surface area contributed by atoms with Gasteiger partial charge in [0.15, 0.2) is 52.8 Å². The number of aromatic amines is 1. The molecule has 9 atom stereocenters. The van der Waals surface area contributed by atoms with Gasteiger partial charge < -0.3 is 43.2 Å². The molecule has 4 aromatic heterocycles. The molecule has 0 bridgehead atoms. The third-order valence-corrected chi connectivity index (χ3v) is 16.0. The molecule has 0 spiro atoms. The van der Waals surface area contributed by atoms with E-state index in [4.69, 9.17) is 51.5 Å². The summed E-state index contributed by atoms with van der Waals surface area (Å²) in [6, 6.07) is 34.4. The number of phosphoric acid groups is 1. The number of nitrogens with zero attached hydrogens (tertiary/aromatic N) is 8. The summed E-state index contributed by atoms with van der Waals surface area (Å²) in [4.78, 5) is 90.0. The largest absolute Gasteiger partial charge is 0.497 e. The fraction of sp³-hybridized carbons (Fsp3) is 0.350. The molecule has 0 radical (unpaired) electrons. The smallest absolute Gasteiger partial charge is 0.475 e. The number of imidazole rings is 2. The van der Waals surface area contributed by atoms with Crippen molar-refractivity contribution in [3.63, 3.8) is 0 Å². The number of benzene rings is 4. The average molecular weight is 1240 g/mol. The number of nitriles is 1. The minimum Gasteiger partial charge on any atom is -0.497 e. The summed E-state index contributed by atoms with van der Waals surface area (Å²) in [5.41, 5.74) is 0.134. The molecule has 464 valence electrons. The van der Waals surface area contributed by atoms with E-state index in [2.05, 4.69) is 40.5 Å². The summed E-state index contributed by atoms with van der Waals surface area (Å²) in [7, 11) is -0.633. The molecule has 89 heavy (non-hydrogen) atoms. The fourth-order valence-corrected chi connectivity index (χ4v) is 11.8. The minimum absolute atomic E-state index is 0.0723. The summed E-state index contributed by atoms with van der Waals surface area (Å²) in [5, 5.41) is 15.1. The first-order chi connectivity index (χ1) is 43.0. The monoisotopic (exact) mass is 1240 g/mol. The summed E-state index contributed by atoms with van der Waals surface area (Å²) < 4.78 is 87.1. The fourth-order valence-electron chi connectivity index (χ4n) is 10.4. The van der Waals surface area contributed by atoms with Crippen LogP contribution in [-0.2, 0) is 66.5 Å². The Morgan fingerprint density at radius 1 is 0.697 bits per heavy atom. The highest BCUT2D eigenvalue weighted by Crippen LogP contribution is 2.55. The Bertz CT molecular complexity index is 3930. The quantitative estimate of drug-likeness (QED) is 0.0225. The number of carbonyl (C=O) groups excluding carboxylic acids is 4. The lowest BCUT2D eigenvalue weighted by Crippen LogP contribution is -2.42. The van der Waals surface area contributed by atoms with Crippen LogP contribution in [-0.4, -0.2) is 141 Å². The lowest BCUT2D eigenvalue weighted by molar-refractivity contribution is -0.165. The van der Waals surface area contributed by atoms with Gasteiger partial charge in [-0.2, -0.15) is 10.2 Å². The van der Waals surface area contributed by atoms with Crippen molar-refractivity contribution < 1.29 is 75.2 Å². The zero-order chi connectivity index (χ0) is 63.0. The van der Waals surface area contributed by atoms with Crippen LogP contribution < -0.4 is 25.7 Å². The van der Waals surface area contributed by atoms with Crippen molar-refractivity contribution in [2.75, 3.05) is 51.8 Å². The first kappa shape index (κ1) is 62.7. The summed E-state index contributed by atoms with van der Waals surface area (Å²) >= 11 is 0. The molecule has 6 heterocycles. The van der Waals surface area contributed by atoms with Crippen LogP contribution in [0.1, 0.15) is 73.6 Å². The number of phosphoric ester groups is 1. The molecule has 3 N–H and O–H groups in total. The predicted molar refractivity (Wildman–Crippen MR) is 314 cm³/mol. The minimum atomic E-state index is -5.10. The van der Waals surface area contributed by atoms with E-state index in [9.17, 15) is 29.2 Å². The highest BCUT2D eigenvalue weighted by atomic mass is 31.2. The Hall–Kier alpha value is -9.30. The number of fused-ring (bicyclic) bond motifs is 2. The Labute approximate surface area is 508 Å². The normalized spacial score (nSPS) is 20.6. The first-order valence-corrected chi connectivity index (χ1v) is 29.4. The molecule has 2 aliphatic rings. The highest BCUT2D eigenvalue weighted by molar-refractivity contribution is 7.48. The lowest BCUT2D eigenvalue weighted by Gasteiger charge is -2.37. The molecule has 4 aromatic carbocycles. The Kier molecular flexibility index (Phi) is 19.3. The molecule has 28 nitrogen and oxygen atoms in total. The zero-order valence-corrected chi connectivity index (χ0v) is 50.0. The van der Waals surface area contributed by atoms with Crippen LogP contribution in [0.15, 0.2) is 133 Å². The van der Waals surface area contributed by atoms with Crippen LogP contribution in [0.2, 0.25) is 0 Å². The van der Waals surface area contributed by atoms with Crippen LogP contribution in [0.25, 0.3) is 22.3 Å². The van der Waals surface area contributed by atoms with Gasteiger partial charge in [-0.1, -0.05) is 86.6 Å². The molecule has 1 unspecified atom stereocenters. The van der Waals surface area contributed by atoms with Gasteiger partial charge in [-0.3, -0.25) is 57.0 Å². The molecule has 2 saturated heterocycles. The second-order valence-electron chi connectivity index (χ2n) is 20.6. The molecule has 2 amide bonds. The Morgan fingerprint density at radius 2 is 1.27 bits per heavy atom. The van der Waals surface area contributed by atoms with E-state index in [1.807, 2.05) is 60.7 Å². The number of anilines is 2. The van der Waals surface area contributed by atoms with Gasteiger partial charge in [0.05, 0.1) is 59.2 Å². The number of H-pyrrole nitrogens is 1. The van der Waals surface area contributed by atoms with Gasteiger partial charge in [-0.15, -0.1) is 0 Å². The molecular formula is C60H62N11O17P. The van der Waals surface area contributed by atoms with E-state index >= 15 is 4.57 Å². The third kappa shape index (κ3) is 13.4. The van der Waals surface area contributed by atoms with E-state index in [1.165, 1.54) is 35.2 Å². The van der Waals surface area contributed by atoms with Crippen LogP contribution in [0.4, 0.5) is 11.8 Å². The number of hydrogen-bond acceptors (Lipinski definition) is 23. The number of nitrogens with one attached hydrogen (secondary N) is 3. The number of esters is 2. The van der Waals surface area contributed by atoms with E-state index in [1.54, 1.807) is 82.7 Å². The molecule has 0 saturated carbocycles. The molecule has 10 rings (SSSR count). The number of ether oxygens (including phenoxy) is 8. The molecular weight excluding hydrogens is 1180 g/mol. The predicted octanol–water partition coefficient (Wildman–Crippen LogP) is 6.95. The van der Waals surface area contributed by atoms with E-state index in [0.717, 1.165) is 13.8 Å². The maximum atomic E-state index is 15.8.